The molecule has 0 aliphatic heterocycles. The molecule has 6 nitrogen and oxygen atoms in total. The van der Waals surface area contributed by atoms with Gasteiger partial charge in [0.2, 0.25) is 10.0 Å². The summed E-state index contributed by atoms with van der Waals surface area (Å²) in [6.45, 7) is 0.226. The van der Waals surface area contributed by atoms with Gasteiger partial charge < -0.3 is 4.98 Å². The fraction of sp³-hybridized carbons (Fsp3) is 0.125. The molecule has 0 saturated carbocycles. The third kappa shape index (κ3) is 2.25. The Morgan fingerprint density at radius 2 is 2.27 bits per heavy atom. The van der Waals surface area contributed by atoms with Gasteiger partial charge in [-0.3, -0.25) is 5.10 Å². The van der Waals surface area contributed by atoms with E-state index in [4.69, 9.17) is 0 Å². The Kier molecular flexibility index (Phi) is 2.57. The molecule has 2 heterocycles. The second-order valence-electron chi connectivity index (χ2n) is 2.98. The van der Waals surface area contributed by atoms with Crippen LogP contribution in [0.2, 0.25) is 0 Å². The van der Waals surface area contributed by atoms with E-state index in [2.05, 4.69) is 19.9 Å². The fourth-order valence-electron chi connectivity index (χ4n) is 1.11. The summed E-state index contributed by atoms with van der Waals surface area (Å²) in [5.74, 6) is 0. The van der Waals surface area contributed by atoms with Gasteiger partial charge in [-0.05, 0) is 6.07 Å². The predicted molar refractivity (Wildman–Crippen MR) is 53.4 cm³/mol. The van der Waals surface area contributed by atoms with Crippen LogP contribution in [-0.2, 0) is 16.6 Å². The Labute approximate surface area is 86.8 Å². The van der Waals surface area contributed by atoms with Crippen LogP contribution in [0.5, 0.6) is 0 Å². The Bertz CT molecular complexity index is 501. The summed E-state index contributed by atoms with van der Waals surface area (Å²) < 4.78 is 25.7. The van der Waals surface area contributed by atoms with Crippen LogP contribution in [0.15, 0.2) is 35.7 Å². The van der Waals surface area contributed by atoms with E-state index in [1.54, 1.807) is 18.6 Å². The highest BCUT2D eigenvalue weighted by Crippen LogP contribution is 2.06. The van der Waals surface area contributed by atoms with Crippen molar-refractivity contribution in [3.05, 3.63) is 36.4 Å². The van der Waals surface area contributed by atoms with Crippen LogP contribution < -0.4 is 4.72 Å². The summed E-state index contributed by atoms with van der Waals surface area (Å²) in [5.41, 5.74) is 0.786. The van der Waals surface area contributed by atoms with Crippen LogP contribution in [0.25, 0.3) is 0 Å². The van der Waals surface area contributed by atoms with E-state index in [-0.39, 0.29) is 11.4 Å². The Hall–Kier alpha value is -1.60. The van der Waals surface area contributed by atoms with E-state index in [1.807, 2.05) is 0 Å². The molecule has 0 radical (unpaired) electrons. The van der Waals surface area contributed by atoms with E-state index in [1.165, 1.54) is 12.3 Å². The second kappa shape index (κ2) is 3.87. The maximum Gasteiger partial charge on any atom is 0.242 e. The normalized spacial score (nSPS) is 11.7. The van der Waals surface area contributed by atoms with E-state index in [0.29, 0.717) is 0 Å². The largest absolute Gasteiger partial charge is 0.366 e. The highest BCUT2D eigenvalue weighted by Gasteiger charge is 2.13. The monoisotopic (exact) mass is 226 g/mol. The number of hydrogen-bond acceptors (Lipinski definition) is 3. The van der Waals surface area contributed by atoms with Gasteiger partial charge in [-0.2, -0.15) is 5.10 Å². The number of nitrogens with zero attached hydrogens (tertiary/aromatic N) is 1. The summed E-state index contributed by atoms with van der Waals surface area (Å²) in [7, 11) is -3.42. The number of nitrogens with one attached hydrogen (secondary N) is 3. The van der Waals surface area contributed by atoms with Crippen molar-refractivity contribution in [3.63, 3.8) is 0 Å². The lowest BCUT2D eigenvalue weighted by Crippen LogP contribution is -2.22. The molecule has 0 amide bonds. The van der Waals surface area contributed by atoms with Gasteiger partial charge in [0, 0.05) is 30.7 Å². The van der Waals surface area contributed by atoms with Crippen LogP contribution in [0.1, 0.15) is 5.56 Å². The standard InChI is InChI=1S/C8H10N4O2S/c13-15(14,8-1-2-9-6-8)12-5-7-3-10-11-4-7/h1-4,6,9,12H,5H2,(H,10,11). The molecule has 0 aliphatic carbocycles. The first-order valence-corrected chi connectivity index (χ1v) is 5.77. The van der Waals surface area contributed by atoms with Gasteiger partial charge in [0.1, 0.15) is 0 Å². The molecule has 80 valence electrons. The van der Waals surface area contributed by atoms with Crippen molar-refractivity contribution in [1.82, 2.24) is 19.9 Å². The minimum atomic E-state index is -3.42. The molecule has 0 saturated heterocycles. The molecule has 0 spiro atoms. The van der Waals surface area contributed by atoms with Crippen LogP contribution in [0, 0.1) is 0 Å². The number of aromatic amines is 2. The van der Waals surface area contributed by atoms with Crippen molar-refractivity contribution < 1.29 is 8.42 Å². The first-order chi connectivity index (χ1) is 7.18. The molecule has 2 aromatic rings. The Morgan fingerprint density at radius 1 is 1.40 bits per heavy atom. The molecular formula is C8H10N4O2S. The molecule has 2 rings (SSSR count). The Balaban J connectivity index is 2.06. The minimum Gasteiger partial charge on any atom is -0.366 e. The minimum absolute atomic E-state index is 0.226. The lowest BCUT2D eigenvalue weighted by Gasteiger charge is -2.02. The van der Waals surface area contributed by atoms with Gasteiger partial charge in [0.05, 0.1) is 11.1 Å². The molecule has 0 atom stereocenters. The van der Waals surface area contributed by atoms with Crippen LogP contribution in [0.4, 0.5) is 0 Å². The molecule has 7 heteroatoms. The van der Waals surface area contributed by atoms with Gasteiger partial charge in [-0.1, -0.05) is 0 Å². The summed E-state index contributed by atoms with van der Waals surface area (Å²) in [4.78, 5) is 2.92. The highest BCUT2D eigenvalue weighted by atomic mass is 32.2. The molecule has 2 aromatic heterocycles. The molecule has 0 fully saturated rings. The van der Waals surface area contributed by atoms with E-state index < -0.39 is 10.0 Å². The quantitative estimate of drug-likeness (QED) is 0.696. The average molecular weight is 226 g/mol. The van der Waals surface area contributed by atoms with Gasteiger partial charge in [0.25, 0.3) is 0 Å². The number of hydrogen-bond donors (Lipinski definition) is 3. The van der Waals surface area contributed by atoms with Crippen molar-refractivity contribution >= 4 is 10.0 Å². The Morgan fingerprint density at radius 3 is 2.87 bits per heavy atom. The summed E-state index contributed by atoms with van der Waals surface area (Å²) in [6, 6.07) is 1.50. The molecule has 0 aromatic carbocycles. The van der Waals surface area contributed by atoms with Crippen molar-refractivity contribution in [3.8, 4) is 0 Å². The van der Waals surface area contributed by atoms with Crippen molar-refractivity contribution in [1.29, 1.82) is 0 Å². The van der Waals surface area contributed by atoms with Crippen molar-refractivity contribution in [2.45, 2.75) is 11.4 Å². The molecular weight excluding hydrogens is 216 g/mol. The van der Waals surface area contributed by atoms with Gasteiger partial charge in [-0.15, -0.1) is 0 Å². The average Bonchev–Trinajstić information content (AvgIpc) is 2.88. The summed E-state index contributed by atoms with van der Waals surface area (Å²) in [5, 5.41) is 6.33. The smallest absolute Gasteiger partial charge is 0.242 e. The maximum absolute atomic E-state index is 11.6. The van der Waals surface area contributed by atoms with Crippen LogP contribution >= 0.6 is 0 Å². The summed E-state index contributed by atoms with van der Waals surface area (Å²) >= 11 is 0. The number of rotatable bonds is 4. The SMILES string of the molecule is O=S(=O)(NCc1cn[nH]c1)c1cc[nH]c1. The molecule has 0 aliphatic rings. The zero-order chi connectivity index (χ0) is 10.7. The zero-order valence-corrected chi connectivity index (χ0v) is 8.58. The lowest BCUT2D eigenvalue weighted by molar-refractivity contribution is 0.581. The van der Waals surface area contributed by atoms with Gasteiger partial charge in [-0.25, -0.2) is 13.1 Å². The van der Waals surface area contributed by atoms with Gasteiger partial charge >= 0.3 is 0 Å². The lowest BCUT2D eigenvalue weighted by atomic mass is 10.4. The predicted octanol–water partition coefficient (Wildman–Crippen LogP) is 0.216. The van der Waals surface area contributed by atoms with E-state index in [0.717, 1.165) is 5.56 Å². The van der Waals surface area contributed by atoms with Gasteiger partial charge in [0.15, 0.2) is 0 Å². The molecule has 3 N–H and O–H groups in total. The second-order valence-corrected chi connectivity index (χ2v) is 4.74. The van der Waals surface area contributed by atoms with Crippen molar-refractivity contribution in [2.24, 2.45) is 0 Å². The highest BCUT2D eigenvalue weighted by molar-refractivity contribution is 7.89. The fourth-order valence-corrected chi connectivity index (χ4v) is 2.11. The number of aromatic nitrogens is 3. The number of H-pyrrole nitrogens is 2. The van der Waals surface area contributed by atoms with Crippen LogP contribution in [-0.4, -0.2) is 23.6 Å². The molecule has 0 unspecified atom stereocenters. The maximum atomic E-state index is 11.6. The third-order valence-corrected chi connectivity index (χ3v) is 3.30. The zero-order valence-electron chi connectivity index (χ0n) is 7.77. The summed E-state index contributed by atoms with van der Waals surface area (Å²) in [6.07, 6.45) is 6.20. The molecule has 0 bridgehead atoms. The van der Waals surface area contributed by atoms with E-state index in [9.17, 15) is 8.42 Å². The van der Waals surface area contributed by atoms with Crippen LogP contribution in [0.3, 0.4) is 0 Å². The van der Waals surface area contributed by atoms with E-state index >= 15 is 0 Å². The first-order valence-electron chi connectivity index (χ1n) is 4.28. The first kappa shape index (κ1) is 9.94. The topological polar surface area (TPSA) is 90.6 Å². The van der Waals surface area contributed by atoms with Crippen molar-refractivity contribution in [2.75, 3.05) is 0 Å². The molecule has 15 heavy (non-hydrogen) atoms. The number of sulfonamides is 1. The third-order valence-electron chi connectivity index (χ3n) is 1.90.